The lowest BCUT2D eigenvalue weighted by molar-refractivity contribution is 0.0992. The SMILES string of the molecule is CN(C(=O)c1cc(F)ccc1Br)c1nc2ccccc2s1. The van der Waals surface area contributed by atoms with Crippen LogP contribution >= 0.6 is 27.3 Å². The number of para-hydroxylation sites is 1. The molecular formula is C15H10BrFN2OS. The van der Waals surface area contributed by atoms with Crippen molar-refractivity contribution < 1.29 is 9.18 Å². The lowest BCUT2D eigenvalue weighted by Crippen LogP contribution is -2.26. The molecule has 1 amide bonds. The lowest BCUT2D eigenvalue weighted by Gasteiger charge is -2.14. The van der Waals surface area contributed by atoms with Crippen LogP contribution < -0.4 is 4.90 Å². The third-order valence-electron chi connectivity index (χ3n) is 3.03. The molecule has 0 atom stereocenters. The van der Waals surface area contributed by atoms with E-state index in [2.05, 4.69) is 20.9 Å². The van der Waals surface area contributed by atoms with Crippen LogP contribution in [0.15, 0.2) is 46.9 Å². The van der Waals surface area contributed by atoms with Crippen molar-refractivity contribution in [3.8, 4) is 0 Å². The number of amides is 1. The third kappa shape index (κ3) is 2.69. The molecule has 0 unspecified atom stereocenters. The van der Waals surface area contributed by atoms with Crippen molar-refractivity contribution in [3.63, 3.8) is 0 Å². The van der Waals surface area contributed by atoms with Gasteiger partial charge in [0, 0.05) is 11.5 Å². The lowest BCUT2D eigenvalue weighted by atomic mass is 10.2. The summed E-state index contributed by atoms with van der Waals surface area (Å²) < 4.78 is 14.9. The molecule has 0 aliphatic carbocycles. The van der Waals surface area contributed by atoms with Gasteiger partial charge in [-0.15, -0.1) is 0 Å². The van der Waals surface area contributed by atoms with Gasteiger partial charge in [-0.3, -0.25) is 9.69 Å². The zero-order valence-corrected chi connectivity index (χ0v) is 13.4. The maximum absolute atomic E-state index is 13.3. The number of thiazole rings is 1. The Labute approximate surface area is 133 Å². The van der Waals surface area contributed by atoms with Gasteiger partial charge in [-0.2, -0.15) is 0 Å². The minimum absolute atomic E-state index is 0.275. The molecule has 0 bridgehead atoms. The van der Waals surface area contributed by atoms with Gasteiger partial charge in [-0.05, 0) is 46.3 Å². The minimum atomic E-state index is -0.445. The van der Waals surface area contributed by atoms with Crippen LogP contribution in [-0.2, 0) is 0 Å². The predicted molar refractivity (Wildman–Crippen MR) is 86.5 cm³/mol. The molecule has 0 aliphatic heterocycles. The van der Waals surface area contributed by atoms with Crippen molar-refractivity contribution in [3.05, 3.63) is 58.3 Å². The summed E-state index contributed by atoms with van der Waals surface area (Å²) in [6, 6.07) is 11.7. The van der Waals surface area contributed by atoms with Gasteiger partial charge in [0.2, 0.25) is 0 Å². The number of fused-ring (bicyclic) bond motifs is 1. The molecule has 1 aromatic heterocycles. The number of rotatable bonds is 2. The fourth-order valence-corrected chi connectivity index (χ4v) is 3.27. The van der Waals surface area contributed by atoms with Crippen LogP contribution in [-0.4, -0.2) is 17.9 Å². The van der Waals surface area contributed by atoms with Crippen molar-refractivity contribution in [1.82, 2.24) is 4.98 Å². The predicted octanol–water partition coefficient (Wildman–Crippen LogP) is 4.47. The third-order valence-corrected chi connectivity index (χ3v) is 4.84. The van der Waals surface area contributed by atoms with Crippen molar-refractivity contribution in [2.45, 2.75) is 0 Å². The molecule has 0 N–H and O–H groups in total. The van der Waals surface area contributed by atoms with Gasteiger partial charge in [0.1, 0.15) is 5.82 Å². The van der Waals surface area contributed by atoms with E-state index >= 15 is 0 Å². The van der Waals surface area contributed by atoms with E-state index in [1.54, 1.807) is 7.05 Å². The van der Waals surface area contributed by atoms with E-state index in [4.69, 9.17) is 0 Å². The average molecular weight is 365 g/mol. The molecule has 2 aromatic carbocycles. The molecule has 3 aromatic rings. The number of carbonyl (C=O) groups excluding carboxylic acids is 1. The van der Waals surface area contributed by atoms with Gasteiger partial charge in [0.25, 0.3) is 5.91 Å². The highest BCUT2D eigenvalue weighted by molar-refractivity contribution is 9.10. The quantitative estimate of drug-likeness (QED) is 0.671. The molecule has 0 fully saturated rings. The van der Waals surface area contributed by atoms with Crippen molar-refractivity contribution >= 4 is 48.5 Å². The van der Waals surface area contributed by atoms with E-state index in [9.17, 15) is 9.18 Å². The molecule has 106 valence electrons. The Bertz CT molecular complexity index is 800. The molecule has 3 rings (SSSR count). The van der Waals surface area contributed by atoms with Crippen LogP contribution in [0.4, 0.5) is 9.52 Å². The molecule has 6 heteroatoms. The number of aromatic nitrogens is 1. The van der Waals surface area contributed by atoms with Crippen LogP contribution in [0.25, 0.3) is 10.2 Å². The second-order valence-electron chi connectivity index (χ2n) is 4.45. The molecular weight excluding hydrogens is 355 g/mol. The molecule has 0 aliphatic rings. The maximum Gasteiger partial charge on any atom is 0.261 e. The van der Waals surface area contributed by atoms with E-state index in [1.807, 2.05) is 24.3 Å². The molecule has 0 radical (unpaired) electrons. The summed E-state index contributed by atoms with van der Waals surface area (Å²) in [5.41, 5.74) is 1.12. The summed E-state index contributed by atoms with van der Waals surface area (Å²) >= 11 is 4.70. The number of benzene rings is 2. The Morgan fingerprint density at radius 1 is 1.29 bits per heavy atom. The molecule has 1 heterocycles. The number of hydrogen-bond acceptors (Lipinski definition) is 3. The van der Waals surface area contributed by atoms with Crippen molar-refractivity contribution in [2.75, 3.05) is 11.9 Å². The van der Waals surface area contributed by atoms with Gasteiger partial charge >= 0.3 is 0 Å². The molecule has 0 saturated heterocycles. The Kier molecular flexibility index (Phi) is 3.73. The van der Waals surface area contributed by atoms with E-state index < -0.39 is 5.82 Å². The topological polar surface area (TPSA) is 33.2 Å². The number of hydrogen-bond donors (Lipinski definition) is 0. The summed E-state index contributed by atoms with van der Waals surface area (Å²) in [6.07, 6.45) is 0. The Balaban J connectivity index is 1.99. The molecule has 3 nitrogen and oxygen atoms in total. The standard InChI is InChI=1S/C15H10BrFN2OS/c1-19(14(20)10-8-9(17)6-7-11(10)16)15-18-12-4-2-3-5-13(12)21-15/h2-8H,1H3. The van der Waals surface area contributed by atoms with E-state index in [0.29, 0.717) is 9.60 Å². The number of anilines is 1. The first-order valence-corrected chi connectivity index (χ1v) is 7.76. The van der Waals surface area contributed by atoms with Crippen molar-refractivity contribution in [1.29, 1.82) is 0 Å². The van der Waals surface area contributed by atoms with Crippen molar-refractivity contribution in [2.24, 2.45) is 0 Å². The Hall–Kier alpha value is -1.79. The number of nitrogens with zero attached hydrogens (tertiary/aromatic N) is 2. The second kappa shape index (κ2) is 5.54. The number of carbonyl (C=O) groups is 1. The van der Waals surface area contributed by atoms with Crippen LogP contribution in [0.2, 0.25) is 0 Å². The second-order valence-corrected chi connectivity index (χ2v) is 6.32. The summed E-state index contributed by atoms with van der Waals surface area (Å²) in [7, 11) is 1.64. The van der Waals surface area contributed by atoms with Gasteiger partial charge in [0.15, 0.2) is 5.13 Å². The molecule has 21 heavy (non-hydrogen) atoms. The largest absolute Gasteiger partial charge is 0.287 e. The average Bonchev–Trinajstić information content (AvgIpc) is 2.92. The normalized spacial score (nSPS) is 10.8. The zero-order valence-electron chi connectivity index (χ0n) is 11.0. The monoisotopic (exact) mass is 364 g/mol. The first-order valence-electron chi connectivity index (χ1n) is 6.15. The number of halogens is 2. The fourth-order valence-electron chi connectivity index (χ4n) is 1.93. The van der Waals surface area contributed by atoms with E-state index in [1.165, 1.54) is 34.4 Å². The smallest absolute Gasteiger partial charge is 0.261 e. The first kappa shape index (κ1) is 14.2. The van der Waals surface area contributed by atoms with Gasteiger partial charge in [0.05, 0.1) is 15.8 Å². The summed E-state index contributed by atoms with van der Waals surface area (Å²) in [4.78, 5) is 18.4. The highest BCUT2D eigenvalue weighted by atomic mass is 79.9. The van der Waals surface area contributed by atoms with Gasteiger partial charge in [-0.1, -0.05) is 23.5 Å². The summed E-state index contributed by atoms with van der Waals surface area (Å²) in [6.45, 7) is 0. The first-order chi connectivity index (χ1) is 10.1. The summed E-state index contributed by atoms with van der Waals surface area (Å²) in [5.74, 6) is -0.750. The van der Waals surface area contributed by atoms with E-state index in [-0.39, 0.29) is 11.5 Å². The summed E-state index contributed by atoms with van der Waals surface area (Å²) in [5, 5.41) is 0.581. The van der Waals surface area contributed by atoms with Crippen LogP contribution in [0.1, 0.15) is 10.4 Å². The van der Waals surface area contributed by atoms with Gasteiger partial charge in [-0.25, -0.2) is 9.37 Å². The highest BCUT2D eigenvalue weighted by Crippen LogP contribution is 2.29. The van der Waals surface area contributed by atoms with Gasteiger partial charge < -0.3 is 0 Å². The molecule has 0 saturated carbocycles. The molecule has 0 spiro atoms. The van der Waals surface area contributed by atoms with Crippen LogP contribution in [0.5, 0.6) is 0 Å². The van der Waals surface area contributed by atoms with Crippen LogP contribution in [0.3, 0.4) is 0 Å². The Morgan fingerprint density at radius 3 is 2.81 bits per heavy atom. The minimum Gasteiger partial charge on any atom is -0.287 e. The highest BCUT2D eigenvalue weighted by Gasteiger charge is 2.19. The fraction of sp³-hybridized carbons (Fsp3) is 0.0667. The van der Waals surface area contributed by atoms with Crippen LogP contribution in [0, 0.1) is 5.82 Å². The Morgan fingerprint density at radius 2 is 2.05 bits per heavy atom. The van der Waals surface area contributed by atoms with E-state index in [0.717, 1.165) is 10.2 Å². The zero-order chi connectivity index (χ0) is 15.0. The maximum atomic E-state index is 13.3.